The van der Waals surface area contributed by atoms with E-state index in [1.54, 1.807) is 0 Å². The second-order valence-electron chi connectivity index (χ2n) is 9.34. The molecule has 5 atom stereocenters. The van der Waals surface area contributed by atoms with Crippen molar-refractivity contribution in [2.75, 3.05) is 6.61 Å². The molecule has 2 fully saturated rings. The second kappa shape index (κ2) is 9.96. The van der Waals surface area contributed by atoms with Crippen molar-refractivity contribution in [1.82, 2.24) is 4.90 Å². The van der Waals surface area contributed by atoms with Gasteiger partial charge in [0.15, 0.2) is 12.6 Å². The van der Waals surface area contributed by atoms with Gasteiger partial charge in [0.25, 0.3) is 23.4 Å². The van der Waals surface area contributed by atoms with Gasteiger partial charge in [-0.05, 0) is 19.8 Å². The minimum atomic E-state index is -6.91. The fourth-order valence-electron chi connectivity index (χ4n) is 4.09. The maximum Gasteiger partial charge on any atom is 0.452 e. The zero-order chi connectivity index (χ0) is 33.3. The molecule has 6 nitrogen and oxygen atoms in total. The maximum atomic E-state index is 15.3. The Morgan fingerprint density at radius 2 is 1.33 bits per heavy atom. The summed E-state index contributed by atoms with van der Waals surface area (Å²) in [4.78, 5) is 35.6. The number of fused-ring (bicyclic) bond motifs is 1. The summed E-state index contributed by atoms with van der Waals surface area (Å²) in [5.41, 5.74) is -15.7. The van der Waals surface area contributed by atoms with Gasteiger partial charge < -0.3 is 4.74 Å². The predicted molar refractivity (Wildman–Crippen MR) is 95.2 cm³/mol. The van der Waals surface area contributed by atoms with Crippen LogP contribution in [0.1, 0.15) is 32.6 Å². The van der Waals surface area contributed by atoms with E-state index in [2.05, 4.69) is 9.47 Å². The van der Waals surface area contributed by atoms with E-state index < -0.39 is 121 Å². The summed E-state index contributed by atoms with van der Waals surface area (Å²) < 4.78 is 237. The molecule has 1 heterocycles. The molecule has 2 rings (SSSR count). The van der Waals surface area contributed by atoms with Crippen molar-refractivity contribution in [3.8, 4) is 0 Å². The highest BCUT2D eigenvalue weighted by atomic mass is 19.4. The minimum absolute atomic E-state index is 0.810. The van der Waals surface area contributed by atoms with Gasteiger partial charge in [-0.1, -0.05) is 0 Å². The van der Waals surface area contributed by atoms with Crippen LogP contribution in [0.3, 0.4) is 0 Å². The average Bonchev–Trinajstić information content (AvgIpc) is 2.88. The van der Waals surface area contributed by atoms with Crippen LogP contribution in [-0.2, 0) is 23.9 Å². The monoisotopic (exact) mass is 659 g/mol. The number of likely N-dealkylation sites (tertiary alicyclic amines) is 1. The van der Waals surface area contributed by atoms with Crippen molar-refractivity contribution < 1.29 is 98.5 Å². The number of rotatable bonds is 8. The van der Waals surface area contributed by atoms with Crippen LogP contribution in [0.25, 0.3) is 0 Å². The van der Waals surface area contributed by atoms with Crippen LogP contribution in [-0.4, -0.2) is 88.8 Å². The number of halogens is 17. The molecule has 0 aromatic carbocycles. The van der Waals surface area contributed by atoms with Gasteiger partial charge in [0, 0.05) is 6.42 Å². The molecule has 0 bridgehead atoms. The molecule has 0 radical (unpaired) electrons. The lowest BCUT2D eigenvalue weighted by molar-refractivity contribution is -0.428. The summed E-state index contributed by atoms with van der Waals surface area (Å²) in [7, 11) is 0. The van der Waals surface area contributed by atoms with Crippen LogP contribution in [0.5, 0.6) is 0 Å². The highest BCUT2D eigenvalue weighted by molar-refractivity contribution is 6.16. The largest absolute Gasteiger partial charge is 0.458 e. The summed E-state index contributed by atoms with van der Waals surface area (Å²) in [5.74, 6) is -21.3. The normalized spacial score (nSPS) is 29.0. The Balaban J connectivity index is 2.60. The van der Waals surface area contributed by atoms with Crippen molar-refractivity contribution in [3.63, 3.8) is 0 Å². The Morgan fingerprint density at radius 3 is 1.74 bits per heavy atom. The van der Waals surface area contributed by atoms with Crippen molar-refractivity contribution >= 4 is 17.8 Å². The molecule has 0 aromatic heterocycles. The topological polar surface area (TPSA) is 72.9 Å². The average molecular weight is 659 g/mol. The van der Waals surface area contributed by atoms with Crippen LogP contribution in [0.4, 0.5) is 74.6 Å². The van der Waals surface area contributed by atoms with E-state index in [0.717, 1.165) is 0 Å². The zero-order valence-electron chi connectivity index (χ0n) is 20.0. The Morgan fingerprint density at radius 1 is 0.833 bits per heavy atom. The number of ether oxygens (including phenoxy) is 2. The third-order valence-corrected chi connectivity index (χ3v) is 6.22. The predicted octanol–water partition coefficient (Wildman–Crippen LogP) is 5.58. The number of nitrogens with zero attached hydrogens (tertiary/aromatic N) is 1. The molecule has 42 heavy (non-hydrogen) atoms. The van der Waals surface area contributed by atoms with Crippen molar-refractivity contribution in [3.05, 3.63) is 0 Å². The summed E-state index contributed by atoms with van der Waals surface area (Å²) >= 11 is 0. The highest BCUT2D eigenvalue weighted by Crippen LogP contribution is 2.58. The first-order valence-corrected chi connectivity index (χ1v) is 10.8. The molecule has 0 spiro atoms. The van der Waals surface area contributed by atoms with Crippen LogP contribution in [0.2, 0.25) is 0 Å². The number of hydrogen-bond donors (Lipinski definition) is 0. The van der Waals surface area contributed by atoms with Gasteiger partial charge in [0.2, 0.25) is 11.3 Å². The van der Waals surface area contributed by atoms with Crippen LogP contribution >= 0.6 is 0 Å². The number of amides is 2. The molecule has 23 heteroatoms. The van der Waals surface area contributed by atoms with E-state index in [1.165, 1.54) is 0 Å². The second-order valence-corrected chi connectivity index (χ2v) is 9.34. The lowest BCUT2D eigenvalue weighted by Gasteiger charge is -2.39. The quantitative estimate of drug-likeness (QED) is 0.193. The molecule has 2 amide bonds. The van der Waals surface area contributed by atoms with Crippen LogP contribution < -0.4 is 0 Å². The third-order valence-electron chi connectivity index (χ3n) is 6.22. The van der Waals surface area contributed by atoms with E-state index in [4.69, 9.17) is 0 Å². The number of hydrogen-bond acceptors (Lipinski definition) is 5. The fourth-order valence-corrected chi connectivity index (χ4v) is 4.09. The smallest absolute Gasteiger partial charge is 0.452 e. The van der Waals surface area contributed by atoms with E-state index in [1.807, 2.05) is 0 Å². The van der Waals surface area contributed by atoms with Crippen molar-refractivity contribution in [1.29, 1.82) is 0 Å². The van der Waals surface area contributed by atoms with Crippen LogP contribution in [0.15, 0.2) is 0 Å². The van der Waals surface area contributed by atoms with Gasteiger partial charge in [-0.25, -0.2) is 26.7 Å². The molecule has 4 unspecified atom stereocenters. The van der Waals surface area contributed by atoms with Gasteiger partial charge in [-0.2, -0.15) is 52.7 Å². The first kappa shape index (κ1) is 35.6. The zero-order valence-corrected chi connectivity index (χ0v) is 20.0. The number of alkyl halides is 17. The Kier molecular flexibility index (Phi) is 8.44. The molecule has 1 aliphatic carbocycles. The van der Waals surface area contributed by atoms with Crippen molar-refractivity contribution in [2.24, 2.45) is 0 Å². The Labute approximate surface area is 221 Å². The molecule has 1 aliphatic heterocycles. The lowest BCUT2D eigenvalue weighted by Crippen LogP contribution is -2.65. The minimum Gasteiger partial charge on any atom is -0.458 e. The molecule has 0 N–H and O–H groups in total. The molecule has 1 saturated heterocycles. The van der Waals surface area contributed by atoms with Crippen LogP contribution in [0, 0.1) is 0 Å². The van der Waals surface area contributed by atoms with Crippen molar-refractivity contribution in [2.45, 2.75) is 92.1 Å². The number of imide groups is 1. The highest BCUT2D eigenvalue weighted by Gasteiger charge is 2.85. The molecule has 2 aliphatic rings. The molecule has 244 valence electrons. The molecule has 0 aromatic rings. The van der Waals surface area contributed by atoms with Gasteiger partial charge in [-0.3, -0.25) is 19.2 Å². The van der Waals surface area contributed by atoms with Gasteiger partial charge in [-0.15, -0.1) is 0 Å². The van der Waals surface area contributed by atoms with E-state index in [-0.39, 0.29) is 0 Å². The Hall–Kier alpha value is -2.62. The summed E-state index contributed by atoms with van der Waals surface area (Å²) in [5, 5.41) is 0. The molecular weight excluding hydrogens is 645 g/mol. The summed E-state index contributed by atoms with van der Waals surface area (Å²) in [6.45, 7) is -4.31. The van der Waals surface area contributed by atoms with E-state index in [0.29, 0.717) is 0 Å². The Bertz CT molecular complexity index is 1100. The first-order chi connectivity index (χ1) is 18.3. The van der Waals surface area contributed by atoms with E-state index >= 15 is 8.78 Å². The lowest BCUT2D eigenvalue weighted by atomic mass is 9.73. The van der Waals surface area contributed by atoms with E-state index in [9.17, 15) is 80.2 Å². The van der Waals surface area contributed by atoms with Gasteiger partial charge in [0.1, 0.15) is 6.42 Å². The maximum absolute atomic E-state index is 15.3. The molecular formula is C19H14F17NO5. The third kappa shape index (κ3) is 5.67. The van der Waals surface area contributed by atoms with Gasteiger partial charge in [0.05, 0.1) is 0 Å². The van der Waals surface area contributed by atoms with Gasteiger partial charge >= 0.3 is 36.5 Å². The number of esters is 1. The SMILES string of the molecule is CC(F)([C@@H](C(=O)OCC(F)(OC(F)(F)CC(F)(F)F)C(F)(F)F)N1C(=O)C2(F)CCCC(F)(F)C2(F)C1=O)C(F)(F)F. The summed E-state index contributed by atoms with van der Waals surface area (Å²) in [6, 6.07) is -4.58. The number of carbonyl (C=O) groups excluding carboxylic acids is 3. The first-order valence-electron chi connectivity index (χ1n) is 10.8. The summed E-state index contributed by atoms with van der Waals surface area (Å²) in [6.07, 6.45) is -33.8. The number of carbonyl (C=O) groups is 3. The fraction of sp³-hybridized carbons (Fsp3) is 0.842. The molecule has 1 saturated carbocycles. The standard InChI is InChI=1S/C19H14F17NO5/c1-11(20,18(31,32)33)7(37-9(39)12(21)3-2-4-13(22,23)17(12,30)10(37)40)8(38)41-6-14(24,19(34,35)36)42-16(28,29)5-15(25,26)27/h7H,2-6H2,1H3/t7-,11?,12?,14?,17?/m1/s1.